The Hall–Kier alpha value is -1.35. The highest BCUT2D eigenvalue weighted by Gasteiger charge is 2.24. The molecule has 3 heteroatoms. The maximum atomic E-state index is 12.2. The first-order valence-corrected chi connectivity index (χ1v) is 7.32. The monoisotopic (exact) mass is 258 g/mol. The van der Waals surface area contributed by atoms with Crippen LogP contribution in [0, 0.1) is 0 Å². The van der Waals surface area contributed by atoms with Gasteiger partial charge in [0.1, 0.15) is 0 Å². The molecule has 3 rings (SSSR count). The highest BCUT2D eigenvalue weighted by atomic mass is 16.1. The van der Waals surface area contributed by atoms with Crippen LogP contribution in [0.1, 0.15) is 47.5 Å². The fourth-order valence-electron chi connectivity index (χ4n) is 2.88. The summed E-state index contributed by atoms with van der Waals surface area (Å²) in [5, 5.41) is 3.15. The molecule has 0 spiro atoms. The number of nitrogens with one attached hydrogen (secondary N) is 1. The number of carbonyl (C=O) groups excluding carboxylic acids is 1. The highest BCUT2D eigenvalue weighted by Crippen LogP contribution is 2.39. The van der Waals surface area contributed by atoms with Gasteiger partial charge in [-0.2, -0.15) is 0 Å². The molecule has 1 heterocycles. The molecule has 0 radical (unpaired) electrons. The number of likely N-dealkylation sites (N-methyl/N-ethyl adjacent to an activating group) is 1. The van der Waals surface area contributed by atoms with E-state index in [2.05, 4.69) is 29.4 Å². The van der Waals surface area contributed by atoms with Gasteiger partial charge in [0.05, 0.1) is 0 Å². The summed E-state index contributed by atoms with van der Waals surface area (Å²) in [4.78, 5) is 14.5. The molecule has 1 amide bonds. The Labute approximate surface area is 115 Å². The maximum Gasteiger partial charge on any atom is 0.251 e. The molecule has 1 N–H and O–H groups in total. The Kier molecular flexibility index (Phi) is 3.56. The molecular formula is C16H22N2O. The molecule has 1 aromatic carbocycles. The summed E-state index contributed by atoms with van der Waals surface area (Å²) in [6.45, 7) is 2.11. The summed E-state index contributed by atoms with van der Waals surface area (Å²) >= 11 is 0. The van der Waals surface area contributed by atoms with Gasteiger partial charge in [0.15, 0.2) is 0 Å². The number of likely N-dealkylation sites (tertiary alicyclic amines) is 1. The summed E-state index contributed by atoms with van der Waals surface area (Å²) in [5.74, 6) is 0.826. The Bertz CT molecular complexity index is 450. The smallest absolute Gasteiger partial charge is 0.251 e. The van der Waals surface area contributed by atoms with Gasteiger partial charge in [0, 0.05) is 18.2 Å². The van der Waals surface area contributed by atoms with E-state index in [1.54, 1.807) is 0 Å². The summed E-state index contributed by atoms with van der Waals surface area (Å²) in [6, 6.07) is 8.46. The quantitative estimate of drug-likeness (QED) is 0.903. The van der Waals surface area contributed by atoms with Crippen LogP contribution in [-0.2, 0) is 0 Å². The third-order valence-electron chi connectivity index (χ3n) is 4.18. The van der Waals surface area contributed by atoms with E-state index in [1.165, 1.54) is 24.8 Å². The van der Waals surface area contributed by atoms with Gasteiger partial charge in [-0.1, -0.05) is 12.1 Å². The van der Waals surface area contributed by atoms with Crippen LogP contribution in [-0.4, -0.2) is 37.0 Å². The second-order valence-electron chi connectivity index (χ2n) is 5.97. The van der Waals surface area contributed by atoms with Crippen molar-refractivity contribution in [1.29, 1.82) is 0 Å². The molecule has 1 aliphatic carbocycles. The fraction of sp³-hybridized carbons (Fsp3) is 0.562. The molecule has 1 aliphatic heterocycles. The summed E-state index contributed by atoms with van der Waals surface area (Å²) in [7, 11) is 2.11. The number of rotatable bonds is 3. The van der Waals surface area contributed by atoms with E-state index >= 15 is 0 Å². The normalized spacial score (nSPS) is 24.2. The van der Waals surface area contributed by atoms with Crippen LogP contribution in [0.4, 0.5) is 0 Å². The summed E-state index contributed by atoms with van der Waals surface area (Å²) < 4.78 is 0. The number of amides is 1. The van der Waals surface area contributed by atoms with Crippen LogP contribution in [0.15, 0.2) is 24.3 Å². The fourth-order valence-corrected chi connectivity index (χ4v) is 2.88. The minimum absolute atomic E-state index is 0.0719. The van der Waals surface area contributed by atoms with Crippen molar-refractivity contribution in [1.82, 2.24) is 10.2 Å². The predicted octanol–water partition coefficient (Wildman–Crippen LogP) is 2.39. The zero-order valence-electron chi connectivity index (χ0n) is 11.6. The van der Waals surface area contributed by atoms with Gasteiger partial charge in [-0.25, -0.2) is 0 Å². The van der Waals surface area contributed by atoms with Crippen LogP contribution in [0.25, 0.3) is 0 Å². The molecule has 19 heavy (non-hydrogen) atoms. The first-order valence-electron chi connectivity index (χ1n) is 7.32. The van der Waals surface area contributed by atoms with Crippen molar-refractivity contribution in [3.05, 3.63) is 35.4 Å². The molecule has 3 nitrogen and oxygen atoms in total. The lowest BCUT2D eigenvalue weighted by Gasteiger charge is -2.30. The number of piperidine rings is 1. The van der Waals surface area contributed by atoms with Crippen molar-refractivity contribution in [2.24, 2.45) is 0 Å². The van der Waals surface area contributed by atoms with Gasteiger partial charge in [-0.3, -0.25) is 4.79 Å². The van der Waals surface area contributed by atoms with Crippen molar-refractivity contribution in [3.8, 4) is 0 Å². The van der Waals surface area contributed by atoms with Crippen LogP contribution in [0.3, 0.4) is 0 Å². The van der Waals surface area contributed by atoms with Crippen LogP contribution >= 0.6 is 0 Å². The van der Waals surface area contributed by atoms with Crippen LogP contribution in [0.2, 0.25) is 0 Å². The topological polar surface area (TPSA) is 32.3 Å². The molecule has 2 aliphatic rings. The molecule has 0 aromatic heterocycles. The predicted molar refractivity (Wildman–Crippen MR) is 76.4 cm³/mol. The average Bonchev–Trinajstić information content (AvgIpc) is 3.23. The highest BCUT2D eigenvalue weighted by molar-refractivity contribution is 5.94. The van der Waals surface area contributed by atoms with Gasteiger partial charge < -0.3 is 10.2 Å². The molecule has 1 unspecified atom stereocenters. The SMILES string of the molecule is CN1CCCC(NC(=O)c2ccc(C3CC3)cc2)C1. The lowest BCUT2D eigenvalue weighted by atomic mass is 10.0. The maximum absolute atomic E-state index is 12.2. The standard InChI is InChI=1S/C16H22N2O/c1-18-10-2-3-15(11-18)17-16(19)14-8-6-13(7-9-14)12-4-5-12/h6-9,12,15H,2-5,10-11H2,1H3,(H,17,19). The Morgan fingerprint density at radius 1 is 1.21 bits per heavy atom. The Morgan fingerprint density at radius 3 is 2.58 bits per heavy atom. The first kappa shape index (κ1) is 12.7. The zero-order chi connectivity index (χ0) is 13.2. The molecule has 1 saturated heterocycles. The molecule has 1 saturated carbocycles. The molecular weight excluding hydrogens is 236 g/mol. The van der Waals surface area contributed by atoms with Crippen molar-refractivity contribution >= 4 is 5.91 Å². The van der Waals surface area contributed by atoms with Gasteiger partial charge in [0.25, 0.3) is 5.91 Å². The van der Waals surface area contributed by atoms with Gasteiger partial charge in [-0.15, -0.1) is 0 Å². The summed E-state index contributed by atoms with van der Waals surface area (Å²) in [6.07, 6.45) is 4.87. The van der Waals surface area contributed by atoms with E-state index < -0.39 is 0 Å². The molecule has 0 bridgehead atoms. The average molecular weight is 258 g/mol. The van der Waals surface area contributed by atoms with Crippen LogP contribution < -0.4 is 5.32 Å². The van der Waals surface area contributed by atoms with Crippen molar-refractivity contribution in [3.63, 3.8) is 0 Å². The largest absolute Gasteiger partial charge is 0.348 e. The van der Waals surface area contributed by atoms with Gasteiger partial charge >= 0.3 is 0 Å². The Morgan fingerprint density at radius 2 is 1.95 bits per heavy atom. The number of benzene rings is 1. The van der Waals surface area contributed by atoms with Crippen molar-refractivity contribution in [2.45, 2.75) is 37.6 Å². The van der Waals surface area contributed by atoms with E-state index in [9.17, 15) is 4.79 Å². The zero-order valence-corrected chi connectivity index (χ0v) is 11.6. The third kappa shape index (κ3) is 3.16. The number of hydrogen-bond acceptors (Lipinski definition) is 2. The Balaban J connectivity index is 1.59. The number of hydrogen-bond donors (Lipinski definition) is 1. The van der Waals surface area contributed by atoms with E-state index in [4.69, 9.17) is 0 Å². The molecule has 1 atom stereocenters. The lowest BCUT2D eigenvalue weighted by molar-refractivity contribution is 0.0912. The third-order valence-corrected chi connectivity index (χ3v) is 4.18. The van der Waals surface area contributed by atoms with E-state index in [0.29, 0.717) is 6.04 Å². The van der Waals surface area contributed by atoms with Gasteiger partial charge in [0.2, 0.25) is 0 Å². The van der Waals surface area contributed by atoms with Crippen LogP contribution in [0.5, 0.6) is 0 Å². The second kappa shape index (κ2) is 5.33. The number of nitrogens with zero attached hydrogens (tertiary/aromatic N) is 1. The lowest BCUT2D eigenvalue weighted by Crippen LogP contribution is -2.46. The summed E-state index contributed by atoms with van der Waals surface area (Å²) in [5.41, 5.74) is 2.17. The van der Waals surface area contributed by atoms with Gasteiger partial charge in [-0.05, 0) is 62.9 Å². The second-order valence-corrected chi connectivity index (χ2v) is 5.97. The molecule has 1 aromatic rings. The van der Waals surface area contributed by atoms with Crippen molar-refractivity contribution < 1.29 is 4.79 Å². The minimum Gasteiger partial charge on any atom is -0.348 e. The van der Waals surface area contributed by atoms with E-state index in [-0.39, 0.29) is 5.91 Å². The van der Waals surface area contributed by atoms with E-state index in [1.807, 2.05) is 12.1 Å². The molecule has 102 valence electrons. The minimum atomic E-state index is 0.0719. The number of carbonyl (C=O) groups is 1. The van der Waals surface area contributed by atoms with E-state index in [0.717, 1.165) is 31.0 Å². The molecule has 2 fully saturated rings. The first-order chi connectivity index (χ1) is 9.22. The van der Waals surface area contributed by atoms with Crippen molar-refractivity contribution in [2.75, 3.05) is 20.1 Å².